The Morgan fingerprint density at radius 1 is 1.33 bits per heavy atom. The number of piperidine rings is 1. The molecule has 132 valence electrons. The molecular formula is C18H26ClN3O2. The Kier molecular flexibility index (Phi) is 6.91. The Hall–Kier alpha value is -1.75. The molecule has 2 amide bonds. The molecule has 0 bridgehead atoms. The van der Waals surface area contributed by atoms with Gasteiger partial charge in [-0.3, -0.25) is 9.59 Å². The van der Waals surface area contributed by atoms with E-state index in [0.29, 0.717) is 22.8 Å². The van der Waals surface area contributed by atoms with E-state index in [0.717, 1.165) is 25.8 Å². The first kappa shape index (κ1) is 18.6. The van der Waals surface area contributed by atoms with Gasteiger partial charge in [0.1, 0.15) is 0 Å². The van der Waals surface area contributed by atoms with Gasteiger partial charge >= 0.3 is 0 Å². The second-order valence-electron chi connectivity index (χ2n) is 6.23. The molecule has 1 aliphatic rings. The number of rotatable bonds is 6. The molecule has 0 spiro atoms. The predicted octanol–water partition coefficient (Wildman–Crippen LogP) is 3.29. The van der Waals surface area contributed by atoms with Gasteiger partial charge in [0, 0.05) is 29.8 Å². The lowest BCUT2D eigenvalue weighted by atomic mass is 10.0. The fourth-order valence-corrected chi connectivity index (χ4v) is 3.11. The average Bonchev–Trinajstić information content (AvgIpc) is 2.58. The van der Waals surface area contributed by atoms with E-state index >= 15 is 0 Å². The van der Waals surface area contributed by atoms with Crippen molar-refractivity contribution in [2.75, 3.05) is 25.0 Å². The first-order valence-electron chi connectivity index (χ1n) is 8.64. The van der Waals surface area contributed by atoms with Gasteiger partial charge in [-0.15, -0.1) is 0 Å². The SMILES string of the molecule is CCCNC(=O)c1ccc(Cl)cc1NCC(=O)N1CCCCC1C. The van der Waals surface area contributed by atoms with Crippen molar-refractivity contribution in [1.29, 1.82) is 0 Å². The van der Waals surface area contributed by atoms with E-state index < -0.39 is 0 Å². The number of halogens is 1. The number of hydrogen-bond acceptors (Lipinski definition) is 3. The van der Waals surface area contributed by atoms with Crippen molar-refractivity contribution in [2.45, 2.75) is 45.6 Å². The highest BCUT2D eigenvalue weighted by molar-refractivity contribution is 6.31. The maximum Gasteiger partial charge on any atom is 0.253 e. The molecule has 0 radical (unpaired) electrons. The third-order valence-electron chi connectivity index (χ3n) is 4.32. The van der Waals surface area contributed by atoms with Crippen LogP contribution in [0, 0.1) is 0 Å². The summed E-state index contributed by atoms with van der Waals surface area (Å²) in [5, 5.41) is 6.47. The van der Waals surface area contributed by atoms with Crippen LogP contribution in [0.2, 0.25) is 5.02 Å². The van der Waals surface area contributed by atoms with Crippen molar-refractivity contribution < 1.29 is 9.59 Å². The summed E-state index contributed by atoms with van der Waals surface area (Å²) in [6, 6.07) is 5.33. The van der Waals surface area contributed by atoms with Gasteiger partial charge in [-0.25, -0.2) is 0 Å². The van der Waals surface area contributed by atoms with Crippen molar-refractivity contribution in [3.63, 3.8) is 0 Å². The Labute approximate surface area is 148 Å². The maximum atomic E-state index is 12.4. The lowest BCUT2D eigenvalue weighted by molar-refractivity contribution is -0.132. The minimum Gasteiger partial charge on any atom is -0.375 e. The average molecular weight is 352 g/mol. The number of carbonyl (C=O) groups is 2. The molecule has 1 unspecified atom stereocenters. The van der Waals surface area contributed by atoms with Crippen molar-refractivity contribution in [3.8, 4) is 0 Å². The summed E-state index contributed by atoms with van der Waals surface area (Å²) in [6.07, 6.45) is 4.15. The number of hydrogen-bond donors (Lipinski definition) is 2. The van der Waals surface area contributed by atoms with Crippen LogP contribution in [0.15, 0.2) is 18.2 Å². The summed E-state index contributed by atoms with van der Waals surface area (Å²) in [6.45, 7) is 5.67. The zero-order valence-corrected chi connectivity index (χ0v) is 15.2. The van der Waals surface area contributed by atoms with Crippen LogP contribution in [0.3, 0.4) is 0 Å². The molecule has 1 heterocycles. The van der Waals surface area contributed by atoms with Crippen molar-refractivity contribution in [3.05, 3.63) is 28.8 Å². The molecule has 1 aromatic carbocycles. The smallest absolute Gasteiger partial charge is 0.253 e. The normalized spacial score (nSPS) is 17.5. The minimum absolute atomic E-state index is 0.0575. The lowest BCUT2D eigenvalue weighted by Gasteiger charge is -2.33. The molecule has 0 aliphatic carbocycles. The molecule has 1 fully saturated rings. The van der Waals surface area contributed by atoms with E-state index in [9.17, 15) is 9.59 Å². The maximum absolute atomic E-state index is 12.4. The van der Waals surface area contributed by atoms with Crippen LogP contribution in [-0.4, -0.2) is 42.4 Å². The highest BCUT2D eigenvalue weighted by atomic mass is 35.5. The van der Waals surface area contributed by atoms with Crippen LogP contribution in [0.25, 0.3) is 0 Å². The number of anilines is 1. The van der Waals surface area contributed by atoms with Gasteiger partial charge < -0.3 is 15.5 Å². The minimum atomic E-state index is -0.158. The summed E-state index contributed by atoms with van der Waals surface area (Å²) in [5.74, 6) is -0.100. The molecule has 24 heavy (non-hydrogen) atoms. The number of nitrogens with one attached hydrogen (secondary N) is 2. The fourth-order valence-electron chi connectivity index (χ4n) is 2.94. The van der Waals surface area contributed by atoms with E-state index in [4.69, 9.17) is 11.6 Å². The van der Waals surface area contributed by atoms with Crippen molar-refractivity contribution >= 4 is 29.1 Å². The molecule has 2 N–H and O–H groups in total. The van der Waals surface area contributed by atoms with E-state index in [2.05, 4.69) is 17.6 Å². The molecule has 1 atom stereocenters. The Morgan fingerprint density at radius 2 is 2.12 bits per heavy atom. The van der Waals surface area contributed by atoms with Crippen LogP contribution >= 0.6 is 11.6 Å². The number of nitrogens with zero attached hydrogens (tertiary/aromatic N) is 1. The zero-order chi connectivity index (χ0) is 17.5. The van der Waals surface area contributed by atoms with Crippen molar-refractivity contribution in [1.82, 2.24) is 10.2 Å². The molecule has 0 aromatic heterocycles. The molecular weight excluding hydrogens is 326 g/mol. The molecule has 6 heteroatoms. The van der Waals surface area contributed by atoms with Crippen molar-refractivity contribution in [2.24, 2.45) is 0 Å². The van der Waals surface area contributed by atoms with E-state index in [1.165, 1.54) is 6.42 Å². The van der Waals surface area contributed by atoms with E-state index in [1.807, 2.05) is 11.8 Å². The third-order valence-corrected chi connectivity index (χ3v) is 4.55. The second kappa shape index (κ2) is 8.92. The topological polar surface area (TPSA) is 61.4 Å². The number of amides is 2. The van der Waals surface area contributed by atoms with Gasteiger partial charge in [0.15, 0.2) is 0 Å². The van der Waals surface area contributed by atoms with Crippen LogP contribution in [0.1, 0.15) is 49.9 Å². The summed E-state index contributed by atoms with van der Waals surface area (Å²) < 4.78 is 0. The van der Waals surface area contributed by atoms with Gasteiger partial charge in [-0.1, -0.05) is 18.5 Å². The highest BCUT2D eigenvalue weighted by Crippen LogP contribution is 2.22. The van der Waals surface area contributed by atoms with Crippen LogP contribution in [0.4, 0.5) is 5.69 Å². The Morgan fingerprint density at radius 3 is 2.83 bits per heavy atom. The van der Waals surface area contributed by atoms with E-state index in [1.54, 1.807) is 18.2 Å². The zero-order valence-electron chi connectivity index (χ0n) is 14.4. The number of carbonyl (C=O) groups excluding carboxylic acids is 2. The molecule has 1 aromatic rings. The van der Waals surface area contributed by atoms with Crippen LogP contribution < -0.4 is 10.6 Å². The van der Waals surface area contributed by atoms with E-state index in [-0.39, 0.29) is 24.4 Å². The standard InChI is InChI=1S/C18H26ClN3O2/c1-3-9-20-18(24)15-8-7-14(19)11-16(15)21-12-17(23)22-10-5-4-6-13(22)2/h7-8,11,13,21H,3-6,9-10,12H2,1-2H3,(H,20,24). The summed E-state index contributed by atoms with van der Waals surface area (Å²) >= 11 is 6.05. The fraction of sp³-hybridized carbons (Fsp3) is 0.556. The van der Waals surface area contributed by atoms with Crippen LogP contribution in [0.5, 0.6) is 0 Å². The number of likely N-dealkylation sites (tertiary alicyclic amines) is 1. The van der Waals surface area contributed by atoms with Gasteiger partial charge in [0.05, 0.1) is 12.1 Å². The van der Waals surface area contributed by atoms with Gasteiger partial charge in [-0.05, 0) is 50.8 Å². The second-order valence-corrected chi connectivity index (χ2v) is 6.67. The van der Waals surface area contributed by atoms with Gasteiger partial charge in [0.2, 0.25) is 5.91 Å². The predicted molar refractivity (Wildman–Crippen MR) is 97.6 cm³/mol. The summed E-state index contributed by atoms with van der Waals surface area (Å²) in [5.41, 5.74) is 1.10. The molecule has 2 rings (SSSR count). The first-order valence-corrected chi connectivity index (χ1v) is 9.01. The monoisotopic (exact) mass is 351 g/mol. The molecule has 1 aliphatic heterocycles. The molecule has 1 saturated heterocycles. The highest BCUT2D eigenvalue weighted by Gasteiger charge is 2.23. The Balaban J connectivity index is 2.04. The number of benzene rings is 1. The van der Waals surface area contributed by atoms with Crippen LogP contribution in [-0.2, 0) is 4.79 Å². The third kappa shape index (κ3) is 4.87. The molecule has 5 nitrogen and oxygen atoms in total. The first-order chi connectivity index (χ1) is 11.5. The molecule has 0 saturated carbocycles. The van der Waals surface area contributed by atoms with Gasteiger partial charge in [-0.2, -0.15) is 0 Å². The van der Waals surface area contributed by atoms with Gasteiger partial charge in [0.25, 0.3) is 5.91 Å². The summed E-state index contributed by atoms with van der Waals surface area (Å²) in [4.78, 5) is 26.6. The quantitative estimate of drug-likeness (QED) is 0.826. The largest absolute Gasteiger partial charge is 0.375 e. The Bertz CT molecular complexity index is 592. The summed E-state index contributed by atoms with van der Waals surface area (Å²) in [7, 11) is 0. The lowest BCUT2D eigenvalue weighted by Crippen LogP contribution is -2.44.